The van der Waals surface area contributed by atoms with E-state index < -0.39 is 6.04 Å². The van der Waals surface area contributed by atoms with Crippen molar-refractivity contribution in [2.75, 3.05) is 25.3 Å². The lowest BCUT2D eigenvalue weighted by molar-refractivity contribution is -0.117. The van der Waals surface area contributed by atoms with Crippen LogP contribution in [0, 0.1) is 0 Å². The molecule has 0 spiro atoms. The molecular weight excluding hydrogens is 306 g/mol. The van der Waals surface area contributed by atoms with Crippen molar-refractivity contribution in [2.45, 2.75) is 23.2 Å². The monoisotopic (exact) mass is 325 g/mol. The molecule has 0 saturated carbocycles. The molecule has 1 aromatic heterocycles. The van der Waals surface area contributed by atoms with Gasteiger partial charge in [-0.15, -0.1) is 11.3 Å². The van der Waals surface area contributed by atoms with E-state index in [1.807, 2.05) is 24.5 Å². The first-order chi connectivity index (χ1) is 10.1. The SMILES string of the molecule is COCCCC(N)C(=O)Nc1ccc2nc(SC)sc2c1. The Morgan fingerprint density at radius 1 is 1.57 bits per heavy atom. The van der Waals surface area contributed by atoms with E-state index in [-0.39, 0.29) is 5.91 Å². The van der Waals surface area contributed by atoms with Crippen LogP contribution in [-0.2, 0) is 9.53 Å². The summed E-state index contributed by atoms with van der Waals surface area (Å²) in [6.07, 6.45) is 3.38. The summed E-state index contributed by atoms with van der Waals surface area (Å²) in [5.74, 6) is -0.167. The van der Waals surface area contributed by atoms with Gasteiger partial charge in [0.15, 0.2) is 4.34 Å². The standard InChI is InChI=1S/C14H19N3O2S2/c1-19-7-3-4-10(15)13(18)16-9-5-6-11-12(8-9)21-14(17-11)20-2/h5-6,8,10H,3-4,7,15H2,1-2H3,(H,16,18). The molecule has 1 aromatic carbocycles. The summed E-state index contributed by atoms with van der Waals surface area (Å²) in [6, 6.07) is 5.19. The molecule has 0 aliphatic heterocycles. The number of amides is 1. The van der Waals surface area contributed by atoms with Crippen molar-refractivity contribution in [3.63, 3.8) is 0 Å². The lowest BCUT2D eigenvalue weighted by atomic mass is 10.1. The fraction of sp³-hybridized carbons (Fsp3) is 0.429. The summed E-state index contributed by atoms with van der Waals surface area (Å²) in [5, 5.41) is 2.86. The minimum Gasteiger partial charge on any atom is -0.385 e. The number of hydrogen-bond acceptors (Lipinski definition) is 6. The molecule has 2 aromatic rings. The second-order valence-electron chi connectivity index (χ2n) is 4.60. The average Bonchev–Trinajstić information content (AvgIpc) is 2.89. The zero-order valence-corrected chi connectivity index (χ0v) is 13.7. The van der Waals surface area contributed by atoms with Crippen molar-refractivity contribution in [3.8, 4) is 0 Å². The molecule has 0 radical (unpaired) electrons. The number of carbonyl (C=O) groups excluding carboxylic acids is 1. The maximum Gasteiger partial charge on any atom is 0.241 e. The highest BCUT2D eigenvalue weighted by molar-refractivity contribution is 8.00. The number of thiazole rings is 1. The number of nitrogens with two attached hydrogens (primary N) is 1. The first-order valence-electron chi connectivity index (χ1n) is 6.64. The Morgan fingerprint density at radius 3 is 3.10 bits per heavy atom. The van der Waals surface area contributed by atoms with Gasteiger partial charge in [0.1, 0.15) is 0 Å². The van der Waals surface area contributed by atoms with Gasteiger partial charge in [-0.2, -0.15) is 0 Å². The maximum atomic E-state index is 12.0. The zero-order chi connectivity index (χ0) is 15.2. The first-order valence-corrected chi connectivity index (χ1v) is 8.68. The second-order valence-corrected chi connectivity index (χ2v) is 6.68. The Bertz CT molecular complexity index is 615. The zero-order valence-electron chi connectivity index (χ0n) is 12.1. The van der Waals surface area contributed by atoms with E-state index in [0.29, 0.717) is 13.0 Å². The predicted molar refractivity (Wildman–Crippen MR) is 89.1 cm³/mol. The fourth-order valence-corrected chi connectivity index (χ4v) is 3.41. The van der Waals surface area contributed by atoms with Crippen LogP contribution in [0.25, 0.3) is 10.2 Å². The van der Waals surface area contributed by atoms with Gasteiger partial charge in [-0.3, -0.25) is 4.79 Å². The van der Waals surface area contributed by atoms with Crippen LogP contribution in [0.15, 0.2) is 22.5 Å². The maximum absolute atomic E-state index is 12.0. The Kier molecular flexibility index (Phi) is 5.98. The highest BCUT2D eigenvalue weighted by atomic mass is 32.2. The largest absolute Gasteiger partial charge is 0.385 e. The van der Waals surface area contributed by atoms with E-state index in [1.165, 1.54) is 0 Å². The normalized spacial score (nSPS) is 12.5. The quantitative estimate of drug-likeness (QED) is 0.604. The Balaban J connectivity index is 2.00. The van der Waals surface area contributed by atoms with Gasteiger partial charge >= 0.3 is 0 Å². The first kappa shape index (κ1) is 16.2. The number of carbonyl (C=O) groups is 1. The van der Waals surface area contributed by atoms with Gasteiger partial charge in [0.2, 0.25) is 5.91 Å². The smallest absolute Gasteiger partial charge is 0.241 e. The van der Waals surface area contributed by atoms with Crippen molar-refractivity contribution in [1.82, 2.24) is 4.98 Å². The van der Waals surface area contributed by atoms with Crippen LogP contribution in [0.5, 0.6) is 0 Å². The molecule has 0 bridgehead atoms. The number of rotatable bonds is 7. The number of hydrogen-bond donors (Lipinski definition) is 2. The second kappa shape index (κ2) is 7.74. The van der Waals surface area contributed by atoms with E-state index in [9.17, 15) is 4.79 Å². The van der Waals surface area contributed by atoms with Crippen molar-refractivity contribution < 1.29 is 9.53 Å². The van der Waals surface area contributed by atoms with E-state index in [1.54, 1.807) is 30.2 Å². The molecule has 1 atom stereocenters. The Labute approximate surface area is 132 Å². The highest BCUT2D eigenvalue weighted by Crippen LogP contribution is 2.29. The van der Waals surface area contributed by atoms with Crippen LogP contribution >= 0.6 is 23.1 Å². The Morgan fingerprint density at radius 2 is 2.38 bits per heavy atom. The number of methoxy groups -OCH3 is 1. The molecule has 114 valence electrons. The predicted octanol–water partition coefficient (Wildman–Crippen LogP) is 2.71. The summed E-state index contributed by atoms with van der Waals surface area (Å²) in [6.45, 7) is 0.616. The van der Waals surface area contributed by atoms with E-state index in [2.05, 4.69) is 10.3 Å². The highest BCUT2D eigenvalue weighted by Gasteiger charge is 2.13. The molecule has 2 rings (SSSR count). The number of thioether (sulfide) groups is 1. The van der Waals surface area contributed by atoms with Gasteiger partial charge in [0, 0.05) is 19.4 Å². The van der Waals surface area contributed by atoms with Crippen molar-refractivity contribution in [2.24, 2.45) is 5.73 Å². The van der Waals surface area contributed by atoms with Gasteiger partial charge in [-0.25, -0.2) is 4.98 Å². The molecule has 21 heavy (non-hydrogen) atoms. The van der Waals surface area contributed by atoms with Crippen LogP contribution in [0.2, 0.25) is 0 Å². The van der Waals surface area contributed by atoms with Gasteiger partial charge in [-0.1, -0.05) is 11.8 Å². The molecule has 0 fully saturated rings. The van der Waals surface area contributed by atoms with Crippen LogP contribution < -0.4 is 11.1 Å². The van der Waals surface area contributed by atoms with Crippen molar-refractivity contribution in [1.29, 1.82) is 0 Å². The van der Waals surface area contributed by atoms with E-state index in [4.69, 9.17) is 10.5 Å². The molecule has 1 unspecified atom stereocenters. The van der Waals surface area contributed by atoms with Gasteiger partial charge in [0.05, 0.1) is 16.3 Å². The summed E-state index contributed by atoms with van der Waals surface area (Å²) in [7, 11) is 1.64. The molecule has 0 saturated heterocycles. The average molecular weight is 325 g/mol. The van der Waals surface area contributed by atoms with Gasteiger partial charge in [-0.05, 0) is 37.3 Å². The summed E-state index contributed by atoms with van der Waals surface area (Å²) in [4.78, 5) is 16.5. The molecular formula is C14H19N3O2S2. The number of fused-ring (bicyclic) bond motifs is 1. The molecule has 3 N–H and O–H groups in total. The number of ether oxygens (including phenoxy) is 1. The number of nitrogens with zero attached hydrogens (tertiary/aromatic N) is 1. The van der Waals surface area contributed by atoms with E-state index in [0.717, 1.165) is 26.7 Å². The van der Waals surface area contributed by atoms with E-state index >= 15 is 0 Å². The van der Waals surface area contributed by atoms with Gasteiger partial charge < -0.3 is 15.8 Å². The number of benzene rings is 1. The third-order valence-corrected chi connectivity index (χ3v) is 5.01. The molecule has 5 nitrogen and oxygen atoms in total. The van der Waals surface area contributed by atoms with Gasteiger partial charge in [0.25, 0.3) is 0 Å². The van der Waals surface area contributed by atoms with Crippen LogP contribution in [-0.4, -0.2) is 36.9 Å². The molecule has 0 aliphatic rings. The number of aromatic nitrogens is 1. The molecule has 0 aliphatic carbocycles. The van der Waals surface area contributed by atoms with Crippen LogP contribution in [0.1, 0.15) is 12.8 Å². The third kappa shape index (κ3) is 4.41. The minimum atomic E-state index is -0.515. The lowest BCUT2D eigenvalue weighted by Crippen LogP contribution is -2.35. The molecule has 1 amide bonds. The van der Waals surface area contributed by atoms with Crippen molar-refractivity contribution in [3.05, 3.63) is 18.2 Å². The molecule has 7 heteroatoms. The minimum absolute atomic E-state index is 0.167. The fourth-order valence-electron chi connectivity index (χ4n) is 1.88. The third-order valence-electron chi connectivity index (χ3n) is 3.01. The number of anilines is 1. The summed E-state index contributed by atoms with van der Waals surface area (Å²) >= 11 is 3.24. The molecule has 1 heterocycles. The topological polar surface area (TPSA) is 77.2 Å². The summed E-state index contributed by atoms with van der Waals surface area (Å²) < 4.78 is 7.04. The lowest BCUT2D eigenvalue weighted by Gasteiger charge is -2.11. The summed E-state index contributed by atoms with van der Waals surface area (Å²) in [5.41, 5.74) is 7.57. The number of nitrogens with one attached hydrogen (secondary N) is 1. The van der Waals surface area contributed by atoms with Crippen LogP contribution in [0.3, 0.4) is 0 Å². The van der Waals surface area contributed by atoms with Crippen LogP contribution in [0.4, 0.5) is 5.69 Å². The Hall–Kier alpha value is -1.15. The van der Waals surface area contributed by atoms with Crippen molar-refractivity contribution >= 4 is 44.9 Å².